The van der Waals surface area contributed by atoms with E-state index >= 15 is 0 Å². The number of hydrogen-bond acceptors (Lipinski definition) is 2. The van der Waals surface area contributed by atoms with Crippen molar-refractivity contribution in [1.29, 1.82) is 0 Å². The maximum Gasteiger partial charge on any atom is 0.255 e. The lowest BCUT2D eigenvalue weighted by Gasteiger charge is -2.24. The highest BCUT2D eigenvalue weighted by Gasteiger charge is 2.29. The Labute approximate surface area is 114 Å². The van der Waals surface area contributed by atoms with Gasteiger partial charge in [-0.05, 0) is 47.0 Å². The van der Waals surface area contributed by atoms with E-state index in [2.05, 4.69) is 15.9 Å². The lowest BCUT2D eigenvalue weighted by atomic mass is 10.1. The highest BCUT2D eigenvalue weighted by Crippen LogP contribution is 2.26. The van der Waals surface area contributed by atoms with Gasteiger partial charge in [-0.25, -0.2) is 0 Å². The van der Waals surface area contributed by atoms with Crippen molar-refractivity contribution in [3.63, 3.8) is 0 Å². The van der Waals surface area contributed by atoms with Gasteiger partial charge in [0.15, 0.2) is 0 Å². The number of likely N-dealkylation sites (tertiary alicyclic amines) is 1. The van der Waals surface area contributed by atoms with E-state index in [9.17, 15) is 4.79 Å². The zero-order valence-corrected chi connectivity index (χ0v) is 11.7. The first-order valence-corrected chi connectivity index (χ1v) is 6.76. The topological polar surface area (TPSA) is 46.3 Å². The summed E-state index contributed by atoms with van der Waals surface area (Å²) < 4.78 is 0.773. The minimum Gasteiger partial charge on any atom is -0.334 e. The number of nitrogens with zero attached hydrogens (tertiary/aromatic N) is 1. The Morgan fingerprint density at radius 3 is 3.06 bits per heavy atom. The summed E-state index contributed by atoms with van der Waals surface area (Å²) in [4.78, 5) is 14.2. The minimum absolute atomic E-state index is 0.00678. The van der Waals surface area contributed by atoms with Gasteiger partial charge in [0.25, 0.3) is 5.91 Å². The van der Waals surface area contributed by atoms with Crippen LogP contribution in [0.5, 0.6) is 0 Å². The van der Waals surface area contributed by atoms with Gasteiger partial charge in [-0.15, -0.1) is 0 Å². The van der Waals surface area contributed by atoms with Crippen molar-refractivity contribution in [1.82, 2.24) is 4.90 Å². The third kappa shape index (κ3) is 2.64. The lowest BCUT2D eigenvalue weighted by Crippen LogP contribution is -2.40. The third-order valence-electron chi connectivity index (χ3n) is 3.07. The smallest absolute Gasteiger partial charge is 0.255 e. The maximum absolute atomic E-state index is 12.4. The molecule has 1 aromatic rings. The van der Waals surface area contributed by atoms with Gasteiger partial charge in [0, 0.05) is 28.6 Å². The Hall–Kier alpha value is -0.580. The Balaban J connectivity index is 2.27. The average Bonchev–Trinajstić information content (AvgIpc) is 2.79. The van der Waals surface area contributed by atoms with E-state index in [-0.39, 0.29) is 11.9 Å². The number of amides is 1. The van der Waals surface area contributed by atoms with Crippen LogP contribution in [0.2, 0.25) is 5.02 Å². The Bertz CT molecular complexity index is 439. The van der Waals surface area contributed by atoms with E-state index in [4.69, 9.17) is 17.3 Å². The molecule has 92 valence electrons. The van der Waals surface area contributed by atoms with E-state index < -0.39 is 0 Å². The van der Waals surface area contributed by atoms with Crippen LogP contribution in [-0.4, -0.2) is 29.9 Å². The van der Waals surface area contributed by atoms with Crippen LogP contribution >= 0.6 is 27.5 Å². The molecule has 0 aliphatic carbocycles. The molecule has 1 aromatic carbocycles. The van der Waals surface area contributed by atoms with Crippen molar-refractivity contribution in [3.8, 4) is 0 Å². The largest absolute Gasteiger partial charge is 0.334 e. The Kier molecular flexibility index (Phi) is 4.07. The second-order valence-electron chi connectivity index (χ2n) is 4.15. The molecule has 0 radical (unpaired) electrons. The summed E-state index contributed by atoms with van der Waals surface area (Å²) in [6.07, 6.45) is 2.01. The van der Waals surface area contributed by atoms with Crippen molar-refractivity contribution in [2.24, 2.45) is 5.73 Å². The second kappa shape index (κ2) is 5.38. The van der Waals surface area contributed by atoms with Crippen LogP contribution in [0, 0.1) is 0 Å². The molecule has 1 aliphatic rings. The fourth-order valence-corrected chi connectivity index (χ4v) is 2.75. The van der Waals surface area contributed by atoms with Gasteiger partial charge in [-0.2, -0.15) is 0 Å². The minimum atomic E-state index is 0.00678. The van der Waals surface area contributed by atoms with Gasteiger partial charge < -0.3 is 10.6 Å². The molecule has 0 bridgehead atoms. The molecule has 1 aliphatic heterocycles. The van der Waals surface area contributed by atoms with Crippen LogP contribution in [-0.2, 0) is 0 Å². The predicted octanol–water partition coefficient (Wildman–Crippen LogP) is 2.67. The number of hydrogen-bond donors (Lipinski definition) is 1. The fraction of sp³-hybridized carbons (Fsp3) is 0.417. The lowest BCUT2D eigenvalue weighted by molar-refractivity contribution is 0.0740. The first-order chi connectivity index (χ1) is 8.13. The number of carbonyl (C=O) groups is 1. The summed E-state index contributed by atoms with van der Waals surface area (Å²) in [6.45, 7) is 1.30. The zero-order valence-electron chi connectivity index (χ0n) is 9.33. The van der Waals surface area contributed by atoms with Gasteiger partial charge in [0.05, 0.1) is 5.56 Å². The van der Waals surface area contributed by atoms with Crippen molar-refractivity contribution in [3.05, 3.63) is 33.3 Å². The SMILES string of the molecule is NC[C@@H]1CCCN1C(=O)c1cc(Cl)ccc1Br. The van der Waals surface area contributed by atoms with Crippen molar-refractivity contribution >= 4 is 33.4 Å². The molecule has 17 heavy (non-hydrogen) atoms. The molecule has 5 heteroatoms. The molecule has 2 N–H and O–H groups in total. The van der Waals surface area contributed by atoms with Crippen molar-refractivity contribution < 1.29 is 4.79 Å². The highest BCUT2D eigenvalue weighted by atomic mass is 79.9. The molecule has 3 nitrogen and oxygen atoms in total. The first-order valence-electron chi connectivity index (χ1n) is 5.59. The molecule has 2 rings (SSSR count). The molecule has 1 atom stereocenters. The fourth-order valence-electron chi connectivity index (χ4n) is 2.16. The Morgan fingerprint density at radius 1 is 1.59 bits per heavy atom. The number of rotatable bonds is 2. The molecule has 0 aromatic heterocycles. The van der Waals surface area contributed by atoms with E-state index in [0.29, 0.717) is 17.1 Å². The molecule has 1 heterocycles. The van der Waals surface area contributed by atoms with Crippen LogP contribution in [0.15, 0.2) is 22.7 Å². The van der Waals surface area contributed by atoms with E-state index in [1.807, 2.05) is 4.90 Å². The van der Waals surface area contributed by atoms with Gasteiger partial charge in [-0.1, -0.05) is 11.6 Å². The van der Waals surface area contributed by atoms with Crippen LogP contribution in [0.25, 0.3) is 0 Å². The normalized spacial score (nSPS) is 19.7. The van der Waals surface area contributed by atoms with Crippen molar-refractivity contribution in [2.45, 2.75) is 18.9 Å². The summed E-state index contributed by atoms with van der Waals surface area (Å²) in [5.74, 6) is 0.00678. The summed E-state index contributed by atoms with van der Waals surface area (Å²) in [6, 6.07) is 5.41. The van der Waals surface area contributed by atoms with Crippen LogP contribution in [0.1, 0.15) is 23.2 Å². The zero-order chi connectivity index (χ0) is 12.4. The van der Waals surface area contributed by atoms with Crippen LogP contribution in [0.4, 0.5) is 0 Å². The number of carbonyl (C=O) groups excluding carboxylic acids is 1. The molecule has 0 saturated carbocycles. The molecular formula is C12H14BrClN2O. The summed E-state index contributed by atoms with van der Waals surface area (Å²) in [7, 11) is 0. The standard InChI is InChI=1S/C12H14BrClN2O/c13-11-4-3-8(14)6-10(11)12(17)16-5-1-2-9(16)7-15/h3-4,6,9H,1-2,5,7,15H2/t9-/m0/s1. The monoisotopic (exact) mass is 316 g/mol. The predicted molar refractivity (Wildman–Crippen MR) is 72.3 cm³/mol. The molecule has 1 saturated heterocycles. The quantitative estimate of drug-likeness (QED) is 0.911. The van der Waals surface area contributed by atoms with E-state index in [1.165, 1.54) is 0 Å². The van der Waals surface area contributed by atoms with Crippen LogP contribution in [0.3, 0.4) is 0 Å². The summed E-state index contributed by atoms with van der Waals surface area (Å²) >= 11 is 9.30. The number of nitrogens with two attached hydrogens (primary N) is 1. The Morgan fingerprint density at radius 2 is 2.35 bits per heavy atom. The maximum atomic E-state index is 12.4. The van der Waals surface area contributed by atoms with E-state index in [0.717, 1.165) is 23.9 Å². The van der Waals surface area contributed by atoms with Crippen molar-refractivity contribution in [2.75, 3.05) is 13.1 Å². The number of halogens is 2. The third-order valence-corrected chi connectivity index (χ3v) is 4.00. The first kappa shape index (κ1) is 12.9. The summed E-state index contributed by atoms with van der Waals surface area (Å²) in [5, 5.41) is 0.569. The molecule has 1 amide bonds. The van der Waals surface area contributed by atoms with Gasteiger partial charge in [0.2, 0.25) is 0 Å². The summed E-state index contributed by atoms with van der Waals surface area (Å²) in [5.41, 5.74) is 6.29. The van der Waals surface area contributed by atoms with Gasteiger partial charge in [-0.3, -0.25) is 4.79 Å². The molecular weight excluding hydrogens is 304 g/mol. The highest BCUT2D eigenvalue weighted by molar-refractivity contribution is 9.10. The van der Waals surface area contributed by atoms with Crippen LogP contribution < -0.4 is 5.73 Å². The van der Waals surface area contributed by atoms with E-state index in [1.54, 1.807) is 18.2 Å². The molecule has 1 fully saturated rings. The average molecular weight is 318 g/mol. The van der Waals surface area contributed by atoms with Gasteiger partial charge >= 0.3 is 0 Å². The molecule has 0 unspecified atom stereocenters. The van der Waals surface area contributed by atoms with Gasteiger partial charge in [0.1, 0.15) is 0 Å². The molecule has 0 spiro atoms. The second-order valence-corrected chi connectivity index (χ2v) is 5.45. The number of benzene rings is 1.